The molecule has 0 saturated carbocycles. The number of fused-ring (bicyclic) bond motifs is 1. The minimum Gasteiger partial charge on any atom is -0.395 e. The molecule has 1 aliphatic rings. The van der Waals surface area contributed by atoms with Crippen molar-refractivity contribution in [1.29, 1.82) is 0 Å². The summed E-state index contributed by atoms with van der Waals surface area (Å²) >= 11 is 0. The van der Waals surface area contributed by atoms with Gasteiger partial charge in [-0.05, 0) is 18.1 Å². The highest BCUT2D eigenvalue weighted by Gasteiger charge is 2.32. The number of aliphatic hydroxyl groups is 1. The Morgan fingerprint density at radius 3 is 3.00 bits per heavy atom. The van der Waals surface area contributed by atoms with Gasteiger partial charge in [-0.1, -0.05) is 12.1 Å². The van der Waals surface area contributed by atoms with Crippen molar-refractivity contribution in [1.82, 2.24) is 0 Å². The Morgan fingerprint density at radius 1 is 1.67 bits per heavy atom. The van der Waals surface area contributed by atoms with Crippen molar-refractivity contribution in [2.75, 3.05) is 18.6 Å². The van der Waals surface area contributed by atoms with Gasteiger partial charge in [-0.15, -0.1) is 0 Å². The highest BCUT2D eigenvalue weighted by atomic mass is 19.1. The van der Waals surface area contributed by atoms with E-state index in [-0.39, 0.29) is 24.5 Å². The molecule has 82 valence electrons. The number of nitrogens with two attached hydrogens (primary N) is 1. The number of para-hydroxylation sites is 1. The van der Waals surface area contributed by atoms with Gasteiger partial charge in [-0.2, -0.15) is 0 Å². The standard InChI is InChI=1S/C11H15FN2O/c1-14-10(9(13)6-15)5-7-3-2-4-8(12)11(7)14/h2-4,9-10,15H,5-6,13H2,1H3. The zero-order chi connectivity index (χ0) is 11.0. The lowest BCUT2D eigenvalue weighted by Gasteiger charge is -2.26. The van der Waals surface area contributed by atoms with Gasteiger partial charge in [0.05, 0.1) is 18.3 Å². The number of anilines is 1. The molecule has 2 unspecified atom stereocenters. The molecule has 2 rings (SSSR count). The van der Waals surface area contributed by atoms with Crippen LogP contribution in [-0.4, -0.2) is 30.8 Å². The lowest BCUT2D eigenvalue weighted by molar-refractivity contribution is 0.249. The molecule has 2 atom stereocenters. The zero-order valence-electron chi connectivity index (χ0n) is 8.65. The van der Waals surface area contributed by atoms with Crippen LogP contribution in [-0.2, 0) is 6.42 Å². The summed E-state index contributed by atoms with van der Waals surface area (Å²) in [6.45, 7) is -0.0788. The summed E-state index contributed by atoms with van der Waals surface area (Å²) < 4.78 is 13.5. The summed E-state index contributed by atoms with van der Waals surface area (Å²) in [5.41, 5.74) is 7.37. The molecule has 0 spiro atoms. The van der Waals surface area contributed by atoms with Crippen LogP contribution in [0.4, 0.5) is 10.1 Å². The fraction of sp³-hybridized carbons (Fsp3) is 0.455. The number of hydrogen-bond acceptors (Lipinski definition) is 3. The first-order chi connectivity index (χ1) is 7.15. The van der Waals surface area contributed by atoms with Gasteiger partial charge < -0.3 is 15.7 Å². The first-order valence-electron chi connectivity index (χ1n) is 5.01. The normalized spacial score (nSPS) is 21.6. The second-order valence-corrected chi connectivity index (χ2v) is 3.98. The lowest BCUT2D eigenvalue weighted by atomic mass is 10.0. The second kappa shape index (κ2) is 3.79. The molecule has 0 amide bonds. The van der Waals surface area contributed by atoms with Crippen LogP contribution in [0.25, 0.3) is 0 Å². The number of nitrogens with zero attached hydrogens (tertiary/aromatic N) is 1. The van der Waals surface area contributed by atoms with E-state index in [9.17, 15) is 4.39 Å². The lowest BCUT2D eigenvalue weighted by Crippen LogP contribution is -2.46. The van der Waals surface area contributed by atoms with E-state index in [0.29, 0.717) is 12.1 Å². The summed E-state index contributed by atoms with van der Waals surface area (Å²) in [7, 11) is 1.81. The smallest absolute Gasteiger partial charge is 0.146 e. The highest BCUT2D eigenvalue weighted by Crippen LogP contribution is 2.33. The number of likely N-dealkylation sites (N-methyl/N-ethyl adjacent to an activating group) is 1. The van der Waals surface area contributed by atoms with Crippen molar-refractivity contribution in [3.63, 3.8) is 0 Å². The van der Waals surface area contributed by atoms with E-state index in [1.807, 2.05) is 18.0 Å². The molecule has 3 nitrogen and oxygen atoms in total. The van der Waals surface area contributed by atoms with Crippen molar-refractivity contribution in [2.45, 2.75) is 18.5 Å². The minimum absolute atomic E-state index is 0.0121. The molecule has 0 saturated heterocycles. The van der Waals surface area contributed by atoms with Crippen LogP contribution >= 0.6 is 0 Å². The summed E-state index contributed by atoms with van der Waals surface area (Å²) in [4.78, 5) is 1.82. The zero-order valence-corrected chi connectivity index (χ0v) is 8.65. The Bertz CT molecular complexity index is 370. The monoisotopic (exact) mass is 210 g/mol. The molecule has 1 aliphatic heterocycles. The van der Waals surface area contributed by atoms with Crippen LogP contribution in [0.5, 0.6) is 0 Å². The van der Waals surface area contributed by atoms with Crippen LogP contribution in [0.2, 0.25) is 0 Å². The topological polar surface area (TPSA) is 49.5 Å². The van der Waals surface area contributed by atoms with Crippen LogP contribution in [0.3, 0.4) is 0 Å². The number of aliphatic hydroxyl groups excluding tert-OH is 1. The SMILES string of the molecule is CN1c2c(F)cccc2CC1C(N)CO. The molecule has 3 N–H and O–H groups in total. The number of benzene rings is 1. The van der Waals surface area contributed by atoms with Gasteiger partial charge in [-0.3, -0.25) is 0 Å². The average molecular weight is 210 g/mol. The predicted octanol–water partition coefficient (Wildman–Crippen LogP) is 0.506. The van der Waals surface area contributed by atoms with E-state index >= 15 is 0 Å². The quantitative estimate of drug-likeness (QED) is 0.747. The van der Waals surface area contributed by atoms with Crippen molar-refractivity contribution >= 4 is 5.69 Å². The first kappa shape index (κ1) is 10.4. The van der Waals surface area contributed by atoms with Crippen LogP contribution in [0.1, 0.15) is 5.56 Å². The van der Waals surface area contributed by atoms with Gasteiger partial charge in [-0.25, -0.2) is 4.39 Å². The molecule has 0 radical (unpaired) electrons. The van der Waals surface area contributed by atoms with Gasteiger partial charge in [0.1, 0.15) is 5.82 Å². The van der Waals surface area contributed by atoms with Crippen molar-refractivity contribution in [2.24, 2.45) is 5.73 Å². The molecular formula is C11H15FN2O. The van der Waals surface area contributed by atoms with Crippen LogP contribution < -0.4 is 10.6 Å². The van der Waals surface area contributed by atoms with E-state index in [1.54, 1.807) is 6.07 Å². The Kier molecular flexibility index (Phi) is 2.63. The molecule has 0 bridgehead atoms. The van der Waals surface area contributed by atoms with Gasteiger partial charge in [0, 0.05) is 13.1 Å². The van der Waals surface area contributed by atoms with Crippen molar-refractivity contribution in [3.8, 4) is 0 Å². The second-order valence-electron chi connectivity index (χ2n) is 3.98. The summed E-state index contributed by atoms with van der Waals surface area (Å²) in [5, 5.41) is 9.02. The Morgan fingerprint density at radius 2 is 2.40 bits per heavy atom. The van der Waals surface area contributed by atoms with E-state index in [4.69, 9.17) is 10.8 Å². The third kappa shape index (κ3) is 1.60. The predicted molar refractivity (Wildman–Crippen MR) is 57.4 cm³/mol. The number of hydrogen-bond donors (Lipinski definition) is 2. The Balaban J connectivity index is 2.33. The summed E-state index contributed by atoms with van der Waals surface area (Å²) in [6, 6.07) is 4.71. The molecule has 1 aromatic rings. The average Bonchev–Trinajstić information content (AvgIpc) is 2.56. The number of halogens is 1. The largest absolute Gasteiger partial charge is 0.395 e. The van der Waals surface area contributed by atoms with Gasteiger partial charge in [0.25, 0.3) is 0 Å². The molecule has 0 fully saturated rings. The molecule has 0 aromatic heterocycles. The van der Waals surface area contributed by atoms with Gasteiger partial charge in [0.15, 0.2) is 0 Å². The minimum atomic E-state index is -0.332. The molecular weight excluding hydrogens is 195 g/mol. The van der Waals surface area contributed by atoms with Crippen LogP contribution in [0.15, 0.2) is 18.2 Å². The van der Waals surface area contributed by atoms with Crippen LogP contribution in [0, 0.1) is 5.82 Å². The van der Waals surface area contributed by atoms with E-state index in [1.165, 1.54) is 6.07 Å². The van der Waals surface area contributed by atoms with E-state index in [0.717, 1.165) is 5.56 Å². The summed E-state index contributed by atoms with van der Waals surface area (Å²) in [5.74, 6) is -0.220. The fourth-order valence-electron chi connectivity index (χ4n) is 2.21. The Labute approximate surface area is 88.3 Å². The Hall–Kier alpha value is -1.13. The molecule has 4 heteroatoms. The molecule has 1 heterocycles. The van der Waals surface area contributed by atoms with Gasteiger partial charge >= 0.3 is 0 Å². The first-order valence-corrected chi connectivity index (χ1v) is 5.01. The maximum Gasteiger partial charge on any atom is 0.146 e. The van der Waals surface area contributed by atoms with Crippen molar-refractivity contribution < 1.29 is 9.50 Å². The maximum atomic E-state index is 13.5. The fourth-order valence-corrected chi connectivity index (χ4v) is 2.21. The maximum absolute atomic E-state index is 13.5. The summed E-state index contributed by atoms with van der Waals surface area (Å²) in [6.07, 6.45) is 0.700. The van der Waals surface area contributed by atoms with Crippen molar-refractivity contribution in [3.05, 3.63) is 29.6 Å². The van der Waals surface area contributed by atoms with E-state index < -0.39 is 0 Å². The van der Waals surface area contributed by atoms with Gasteiger partial charge in [0.2, 0.25) is 0 Å². The third-order valence-corrected chi connectivity index (χ3v) is 3.05. The molecule has 15 heavy (non-hydrogen) atoms. The van der Waals surface area contributed by atoms with E-state index in [2.05, 4.69) is 0 Å². The molecule has 1 aromatic carbocycles. The molecule has 0 aliphatic carbocycles. The number of rotatable bonds is 2. The third-order valence-electron chi connectivity index (χ3n) is 3.05. The highest BCUT2D eigenvalue weighted by molar-refractivity contribution is 5.60.